The van der Waals surface area contributed by atoms with E-state index in [9.17, 15) is 5.11 Å². The van der Waals surface area contributed by atoms with Gasteiger partial charge in [-0.1, -0.05) is 0 Å². The first-order chi connectivity index (χ1) is 7.10. The summed E-state index contributed by atoms with van der Waals surface area (Å²) in [4.78, 5) is 6.51. The van der Waals surface area contributed by atoms with Crippen LogP contribution in [0.25, 0.3) is 0 Å². The van der Waals surface area contributed by atoms with E-state index in [1.807, 2.05) is 12.1 Å². The van der Waals surface area contributed by atoms with Crippen molar-refractivity contribution in [3.8, 4) is 0 Å². The van der Waals surface area contributed by atoms with Crippen molar-refractivity contribution < 1.29 is 5.11 Å². The lowest BCUT2D eigenvalue weighted by Gasteiger charge is -2.36. The molecule has 1 aromatic heterocycles. The Morgan fingerprint density at radius 2 is 2.07 bits per heavy atom. The highest BCUT2D eigenvalue weighted by Crippen LogP contribution is 2.31. The molecule has 1 aromatic rings. The molecular formula is C11H15BrN2O. The van der Waals surface area contributed by atoms with Crippen molar-refractivity contribution in [2.75, 3.05) is 20.1 Å². The zero-order valence-corrected chi connectivity index (χ0v) is 10.4. The minimum absolute atomic E-state index is 0.729. The molecule has 1 saturated heterocycles. The maximum atomic E-state index is 10.4. The van der Waals surface area contributed by atoms with E-state index in [0.29, 0.717) is 0 Å². The van der Waals surface area contributed by atoms with Gasteiger partial charge in [0.25, 0.3) is 0 Å². The van der Waals surface area contributed by atoms with Crippen molar-refractivity contribution in [1.29, 1.82) is 0 Å². The third-order valence-corrected chi connectivity index (χ3v) is 3.49. The van der Waals surface area contributed by atoms with Gasteiger partial charge in [0.1, 0.15) is 5.60 Å². The second-order valence-corrected chi connectivity index (χ2v) is 5.11. The first-order valence-corrected chi connectivity index (χ1v) is 5.92. The monoisotopic (exact) mass is 270 g/mol. The molecule has 0 amide bonds. The molecule has 4 heteroatoms. The number of rotatable bonds is 1. The first-order valence-electron chi connectivity index (χ1n) is 5.13. The molecule has 15 heavy (non-hydrogen) atoms. The molecule has 2 rings (SSSR count). The van der Waals surface area contributed by atoms with Crippen LogP contribution in [0.2, 0.25) is 0 Å². The minimum Gasteiger partial charge on any atom is -0.383 e. The summed E-state index contributed by atoms with van der Waals surface area (Å²) in [6.07, 6.45) is 3.27. The predicted molar refractivity (Wildman–Crippen MR) is 62.6 cm³/mol. The minimum atomic E-state index is -0.729. The van der Waals surface area contributed by atoms with E-state index in [1.54, 1.807) is 6.20 Å². The number of aliphatic hydroxyl groups is 1. The van der Waals surface area contributed by atoms with E-state index < -0.39 is 5.60 Å². The number of piperidine rings is 1. The van der Waals surface area contributed by atoms with E-state index in [2.05, 4.69) is 32.9 Å². The molecule has 0 unspecified atom stereocenters. The molecular weight excluding hydrogens is 256 g/mol. The maximum absolute atomic E-state index is 10.4. The Bertz CT molecular complexity index is 331. The van der Waals surface area contributed by atoms with E-state index >= 15 is 0 Å². The number of hydrogen-bond donors (Lipinski definition) is 1. The molecule has 1 aliphatic rings. The fourth-order valence-corrected chi connectivity index (χ4v) is 2.13. The molecule has 0 radical (unpaired) electrons. The van der Waals surface area contributed by atoms with Gasteiger partial charge >= 0.3 is 0 Å². The number of nitrogens with zero attached hydrogens (tertiary/aromatic N) is 2. The van der Waals surface area contributed by atoms with Gasteiger partial charge in [-0.25, -0.2) is 0 Å². The van der Waals surface area contributed by atoms with Gasteiger partial charge in [0.15, 0.2) is 0 Å². The van der Waals surface area contributed by atoms with Crippen LogP contribution in [0.5, 0.6) is 0 Å². The lowest BCUT2D eigenvalue weighted by atomic mass is 9.88. The van der Waals surface area contributed by atoms with Gasteiger partial charge in [-0.05, 0) is 48.0 Å². The summed E-state index contributed by atoms with van der Waals surface area (Å²) in [5, 5.41) is 10.4. The average Bonchev–Trinajstić information content (AvgIpc) is 2.24. The Morgan fingerprint density at radius 3 is 2.60 bits per heavy atom. The molecule has 0 atom stereocenters. The topological polar surface area (TPSA) is 36.4 Å². The van der Waals surface area contributed by atoms with E-state index in [-0.39, 0.29) is 0 Å². The van der Waals surface area contributed by atoms with E-state index in [1.165, 1.54) is 0 Å². The van der Waals surface area contributed by atoms with Crippen LogP contribution in [0, 0.1) is 0 Å². The number of aromatic nitrogens is 1. The summed E-state index contributed by atoms with van der Waals surface area (Å²) in [5.74, 6) is 0. The molecule has 0 saturated carbocycles. The fraction of sp³-hybridized carbons (Fsp3) is 0.545. The largest absolute Gasteiger partial charge is 0.383 e. The summed E-state index contributed by atoms with van der Waals surface area (Å²) < 4.78 is 0.947. The Morgan fingerprint density at radius 1 is 1.40 bits per heavy atom. The van der Waals surface area contributed by atoms with Crippen LogP contribution in [0.15, 0.2) is 22.8 Å². The number of likely N-dealkylation sites (tertiary alicyclic amines) is 1. The highest BCUT2D eigenvalue weighted by Gasteiger charge is 2.33. The van der Waals surface area contributed by atoms with Crippen LogP contribution >= 0.6 is 15.9 Å². The second-order valence-electron chi connectivity index (χ2n) is 4.20. The van der Waals surface area contributed by atoms with Gasteiger partial charge < -0.3 is 10.0 Å². The molecule has 0 aliphatic carbocycles. The molecule has 3 nitrogen and oxygen atoms in total. The highest BCUT2D eigenvalue weighted by atomic mass is 79.9. The molecule has 2 heterocycles. The van der Waals surface area contributed by atoms with Crippen LogP contribution in [0.1, 0.15) is 18.5 Å². The fourth-order valence-electron chi connectivity index (χ4n) is 1.90. The lowest BCUT2D eigenvalue weighted by molar-refractivity contribution is -0.0238. The molecule has 0 spiro atoms. The third kappa shape index (κ3) is 2.38. The summed E-state index contributed by atoms with van der Waals surface area (Å²) >= 11 is 3.34. The van der Waals surface area contributed by atoms with Gasteiger partial charge in [-0.2, -0.15) is 0 Å². The van der Waals surface area contributed by atoms with Gasteiger partial charge in [-0.15, -0.1) is 0 Å². The van der Waals surface area contributed by atoms with Crippen molar-refractivity contribution in [3.05, 3.63) is 28.5 Å². The Kier molecular flexibility index (Phi) is 3.09. The van der Waals surface area contributed by atoms with Crippen molar-refractivity contribution >= 4 is 15.9 Å². The smallest absolute Gasteiger partial charge is 0.109 e. The quantitative estimate of drug-likeness (QED) is 0.845. The van der Waals surface area contributed by atoms with Crippen molar-refractivity contribution in [2.24, 2.45) is 0 Å². The van der Waals surface area contributed by atoms with Gasteiger partial charge in [-0.3, -0.25) is 4.98 Å². The average molecular weight is 271 g/mol. The predicted octanol–water partition coefficient (Wildman–Crippen LogP) is 1.76. The van der Waals surface area contributed by atoms with Gasteiger partial charge in [0.2, 0.25) is 0 Å². The summed E-state index contributed by atoms with van der Waals surface area (Å²) in [7, 11) is 2.08. The number of halogens is 1. The summed E-state index contributed by atoms with van der Waals surface area (Å²) in [6, 6.07) is 3.83. The lowest BCUT2D eigenvalue weighted by Crippen LogP contribution is -2.41. The van der Waals surface area contributed by atoms with Gasteiger partial charge in [0, 0.05) is 23.8 Å². The standard InChI is InChI=1S/C11H15BrN2O/c1-14-6-4-11(15,5-7-14)10-3-2-9(12)8-13-10/h2-3,8,15H,4-7H2,1H3. The van der Waals surface area contributed by atoms with Crippen molar-refractivity contribution in [3.63, 3.8) is 0 Å². The first kappa shape index (κ1) is 11.0. The van der Waals surface area contributed by atoms with Gasteiger partial charge in [0.05, 0.1) is 5.69 Å². The normalized spacial score (nSPS) is 21.5. The van der Waals surface area contributed by atoms with Crippen LogP contribution in [0.4, 0.5) is 0 Å². The molecule has 1 N–H and O–H groups in total. The SMILES string of the molecule is CN1CCC(O)(c2ccc(Br)cn2)CC1. The third-order valence-electron chi connectivity index (χ3n) is 3.02. The van der Waals surface area contributed by atoms with Crippen LogP contribution < -0.4 is 0 Å². The van der Waals surface area contributed by atoms with E-state index in [4.69, 9.17) is 0 Å². The number of hydrogen-bond acceptors (Lipinski definition) is 3. The Hall–Kier alpha value is -0.450. The van der Waals surface area contributed by atoms with Crippen molar-refractivity contribution in [2.45, 2.75) is 18.4 Å². The summed E-state index contributed by atoms with van der Waals surface area (Å²) in [5.41, 5.74) is 0.0616. The molecule has 1 aliphatic heterocycles. The van der Waals surface area contributed by atoms with Crippen LogP contribution in [-0.2, 0) is 5.60 Å². The zero-order valence-electron chi connectivity index (χ0n) is 8.78. The maximum Gasteiger partial charge on any atom is 0.109 e. The molecule has 0 bridgehead atoms. The van der Waals surface area contributed by atoms with Crippen molar-refractivity contribution in [1.82, 2.24) is 9.88 Å². The van der Waals surface area contributed by atoms with Crippen LogP contribution in [0.3, 0.4) is 0 Å². The van der Waals surface area contributed by atoms with E-state index in [0.717, 1.165) is 36.1 Å². The highest BCUT2D eigenvalue weighted by molar-refractivity contribution is 9.10. The second kappa shape index (κ2) is 4.20. The Labute approximate surface area is 98.3 Å². The summed E-state index contributed by atoms with van der Waals surface area (Å²) in [6.45, 7) is 1.85. The van der Waals surface area contributed by atoms with Crippen LogP contribution in [-0.4, -0.2) is 35.1 Å². The molecule has 1 fully saturated rings. The zero-order chi connectivity index (χ0) is 10.9. The number of pyridine rings is 1. The molecule has 82 valence electrons. The Balaban J connectivity index is 2.18. The molecule has 0 aromatic carbocycles.